The second-order valence-corrected chi connectivity index (χ2v) is 7.11. The first-order chi connectivity index (χ1) is 7.94. The third kappa shape index (κ3) is 3.78. The van der Waals surface area contributed by atoms with Crippen LogP contribution in [0.15, 0.2) is 0 Å². The highest BCUT2D eigenvalue weighted by Gasteiger charge is 2.35. The molecule has 2 rings (SSSR count). The number of Topliss-reactive ketones (excluding diaryl/α,β-unsaturated/α-hetero) is 1. The van der Waals surface area contributed by atoms with Gasteiger partial charge < -0.3 is 0 Å². The maximum Gasteiger partial charge on any atom is 0.264 e. The Bertz CT molecular complexity index is 387. The zero-order valence-corrected chi connectivity index (χ0v) is 11.0. The standard InChI is InChI=1S/C12H20O4S/c1-17(14,15)16-8-9-2-3-10-4-5-12(13)7-11(10)6-9/h9-11H,2-8H2,1H3/t9?,10-,11+/m1/s1. The number of carbonyl (C=O) groups excluding carboxylic acids is 1. The molecule has 17 heavy (non-hydrogen) atoms. The lowest BCUT2D eigenvalue weighted by Gasteiger charge is -2.38. The maximum absolute atomic E-state index is 11.4. The SMILES string of the molecule is CS(=O)(=O)OCC1CC[C@@H]2CCC(=O)C[C@@H]2C1. The van der Waals surface area contributed by atoms with Crippen LogP contribution in [0.1, 0.15) is 38.5 Å². The van der Waals surface area contributed by atoms with Gasteiger partial charge in [-0.2, -0.15) is 8.42 Å². The van der Waals surface area contributed by atoms with E-state index in [1.165, 1.54) is 0 Å². The van der Waals surface area contributed by atoms with Gasteiger partial charge in [-0.3, -0.25) is 8.98 Å². The highest BCUT2D eigenvalue weighted by Crippen LogP contribution is 2.41. The fourth-order valence-electron chi connectivity index (χ4n) is 3.17. The summed E-state index contributed by atoms with van der Waals surface area (Å²) in [5, 5.41) is 0. The minimum absolute atomic E-state index is 0.288. The van der Waals surface area contributed by atoms with Gasteiger partial charge in [-0.05, 0) is 43.4 Å². The number of fused-ring (bicyclic) bond motifs is 1. The first-order valence-corrected chi connectivity index (χ1v) is 8.12. The molecule has 0 N–H and O–H groups in total. The lowest BCUT2D eigenvalue weighted by Crippen LogP contribution is -2.32. The van der Waals surface area contributed by atoms with Gasteiger partial charge in [-0.1, -0.05) is 0 Å². The second kappa shape index (κ2) is 5.06. The first-order valence-electron chi connectivity index (χ1n) is 6.30. The minimum atomic E-state index is -3.33. The van der Waals surface area contributed by atoms with E-state index in [0.29, 0.717) is 30.0 Å². The van der Waals surface area contributed by atoms with Crippen LogP contribution in [0.25, 0.3) is 0 Å². The van der Waals surface area contributed by atoms with Crippen molar-refractivity contribution in [1.82, 2.24) is 0 Å². The summed E-state index contributed by atoms with van der Waals surface area (Å²) >= 11 is 0. The van der Waals surface area contributed by atoms with Crippen molar-refractivity contribution in [3.05, 3.63) is 0 Å². The second-order valence-electron chi connectivity index (χ2n) is 5.47. The first kappa shape index (κ1) is 13.0. The Morgan fingerprint density at radius 3 is 2.71 bits per heavy atom. The van der Waals surface area contributed by atoms with Crippen LogP contribution in [0, 0.1) is 17.8 Å². The normalized spacial score (nSPS) is 34.4. The zero-order valence-electron chi connectivity index (χ0n) is 10.2. The summed E-state index contributed by atoms with van der Waals surface area (Å²) in [6.07, 6.45) is 6.66. The highest BCUT2D eigenvalue weighted by atomic mass is 32.2. The molecule has 2 aliphatic carbocycles. The van der Waals surface area contributed by atoms with Crippen LogP contribution < -0.4 is 0 Å². The van der Waals surface area contributed by atoms with Crippen molar-refractivity contribution in [3.63, 3.8) is 0 Å². The Morgan fingerprint density at radius 1 is 1.24 bits per heavy atom. The number of hydrogen-bond donors (Lipinski definition) is 0. The fourth-order valence-corrected chi connectivity index (χ4v) is 3.61. The van der Waals surface area contributed by atoms with Gasteiger partial charge in [-0.15, -0.1) is 0 Å². The van der Waals surface area contributed by atoms with E-state index < -0.39 is 10.1 Å². The molecule has 0 amide bonds. The predicted molar refractivity (Wildman–Crippen MR) is 64.0 cm³/mol. The highest BCUT2D eigenvalue weighted by molar-refractivity contribution is 7.85. The summed E-state index contributed by atoms with van der Waals surface area (Å²) in [7, 11) is -3.33. The molecule has 0 saturated heterocycles. The zero-order chi connectivity index (χ0) is 12.5. The van der Waals surface area contributed by atoms with Gasteiger partial charge in [-0.25, -0.2) is 0 Å². The summed E-state index contributed by atoms with van der Waals surface area (Å²) in [4.78, 5) is 11.4. The Balaban J connectivity index is 1.85. The van der Waals surface area contributed by atoms with Crippen LogP contribution in [0.4, 0.5) is 0 Å². The molecule has 0 heterocycles. The van der Waals surface area contributed by atoms with Crippen LogP contribution in [0.3, 0.4) is 0 Å². The lowest BCUT2D eigenvalue weighted by molar-refractivity contribution is -0.123. The average Bonchev–Trinajstić information content (AvgIpc) is 2.24. The Labute approximate surface area is 103 Å². The summed E-state index contributed by atoms with van der Waals surface area (Å²) in [5.41, 5.74) is 0. The lowest BCUT2D eigenvalue weighted by atomic mass is 9.67. The molecule has 5 heteroatoms. The van der Waals surface area contributed by atoms with E-state index in [1.54, 1.807) is 0 Å². The molecule has 4 nitrogen and oxygen atoms in total. The fraction of sp³-hybridized carbons (Fsp3) is 0.917. The Hall–Kier alpha value is -0.420. The molecular weight excluding hydrogens is 240 g/mol. The third-order valence-corrected chi connectivity index (χ3v) is 4.61. The van der Waals surface area contributed by atoms with Crippen molar-refractivity contribution in [1.29, 1.82) is 0 Å². The van der Waals surface area contributed by atoms with E-state index in [1.807, 2.05) is 0 Å². The molecule has 98 valence electrons. The summed E-state index contributed by atoms with van der Waals surface area (Å²) in [6.45, 7) is 0.288. The van der Waals surface area contributed by atoms with Crippen LogP contribution in [-0.4, -0.2) is 27.1 Å². The molecule has 0 aromatic carbocycles. The maximum atomic E-state index is 11.4. The predicted octanol–water partition coefficient (Wildman–Crippen LogP) is 1.75. The van der Waals surface area contributed by atoms with Crippen molar-refractivity contribution in [2.45, 2.75) is 38.5 Å². The molecule has 0 bridgehead atoms. The van der Waals surface area contributed by atoms with E-state index in [0.717, 1.165) is 38.4 Å². The molecule has 1 unspecified atom stereocenters. The minimum Gasteiger partial charge on any atom is -0.300 e. The quantitative estimate of drug-likeness (QED) is 0.725. The number of ketones is 1. The summed E-state index contributed by atoms with van der Waals surface area (Å²) in [6, 6.07) is 0. The van der Waals surface area contributed by atoms with E-state index in [-0.39, 0.29) is 6.61 Å². The molecule has 3 atom stereocenters. The van der Waals surface area contributed by atoms with Gasteiger partial charge >= 0.3 is 0 Å². The van der Waals surface area contributed by atoms with E-state index in [2.05, 4.69) is 0 Å². The molecule has 0 aliphatic heterocycles. The molecule has 2 aliphatic rings. The van der Waals surface area contributed by atoms with Crippen molar-refractivity contribution < 1.29 is 17.4 Å². The third-order valence-electron chi connectivity index (χ3n) is 4.05. The van der Waals surface area contributed by atoms with Crippen LogP contribution in [-0.2, 0) is 19.1 Å². The molecular formula is C12H20O4S. The summed E-state index contributed by atoms with van der Waals surface area (Å²) < 4.78 is 26.7. The van der Waals surface area contributed by atoms with E-state index in [4.69, 9.17) is 4.18 Å². The summed E-state index contributed by atoms with van der Waals surface area (Å²) in [5.74, 6) is 1.83. The number of carbonyl (C=O) groups is 1. The Kier molecular flexibility index (Phi) is 3.88. The van der Waals surface area contributed by atoms with Gasteiger partial charge in [0.15, 0.2) is 0 Å². The van der Waals surface area contributed by atoms with Crippen molar-refractivity contribution in [3.8, 4) is 0 Å². The number of hydrogen-bond acceptors (Lipinski definition) is 4. The smallest absolute Gasteiger partial charge is 0.264 e. The van der Waals surface area contributed by atoms with Crippen molar-refractivity contribution in [2.24, 2.45) is 17.8 Å². The van der Waals surface area contributed by atoms with Gasteiger partial charge in [0.1, 0.15) is 5.78 Å². The van der Waals surface area contributed by atoms with Gasteiger partial charge in [0.25, 0.3) is 10.1 Å². The molecule has 2 saturated carbocycles. The van der Waals surface area contributed by atoms with Crippen LogP contribution in [0.5, 0.6) is 0 Å². The average molecular weight is 260 g/mol. The van der Waals surface area contributed by atoms with Crippen LogP contribution >= 0.6 is 0 Å². The van der Waals surface area contributed by atoms with Gasteiger partial charge in [0.2, 0.25) is 0 Å². The largest absolute Gasteiger partial charge is 0.300 e. The molecule has 2 fully saturated rings. The molecule has 0 spiro atoms. The molecule has 0 aromatic heterocycles. The molecule has 0 aromatic rings. The van der Waals surface area contributed by atoms with Crippen molar-refractivity contribution >= 4 is 15.9 Å². The van der Waals surface area contributed by atoms with Crippen LogP contribution in [0.2, 0.25) is 0 Å². The van der Waals surface area contributed by atoms with Gasteiger partial charge in [0.05, 0.1) is 12.9 Å². The van der Waals surface area contributed by atoms with Crippen molar-refractivity contribution in [2.75, 3.05) is 12.9 Å². The van der Waals surface area contributed by atoms with E-state index >= 15 is 0 Å². The number of rotatable bonds is 3. The van der Waals surface area contributed by atoms with E-state index in [9.17, 15) is 13.2 Å². The topological polar surface area (TPSA) is 60.4 Å². The van der Waals surface area contributed by atoms with Gasteiger partial charge in [0, 0.05) is 12.8 Å². The Morgan fingerprint density at radius 2 is 2.00 bits per heavy atom. The monoisotopic (exact) mass is 260 g/mol. The molecule has 0 radical (unpaired) electrons.